The van der Waals surface area contributed by atoms with Gasteiger partial charge >= 0.3 is 152 Å². The monoisotopic (exact) mass is 630 g/mol. The molecule has 4 rings (SSSR count). The van der Waals surface area contributed by atoms with Gasteiger partial charge in [0.05, 0.1) is 0 Å². The van der Waals surface area contributed by atoms with Gasteiger partial charge in [-0.3, -0.25) is 0 Å². The molecule has 25 heavy (non-hydrogen) atoms. The molecule has 0 heterocycles. The first-order valence-corrected chi connectivity index (χ1v) is 12.6. The summed E-state index contributed by atoms with van der Waals surface area (Å²) >= 11 is -1.03. The first kappa shape index (κ1) is 21.6. The molecule has 0 N–H and O–H groups in total. The quantitative estimate of drug-likeness (QED) is 0.305. The van der Waals surface area contributed by atoms with Crippen LogP contribution in [0.3, 0.4) is 0 Å². The van der Waals surface area contributed by atoms with Gasteiger partial charge in [0.25, 0.3) is 0 Å². The summed E-state index contributed by atoms with van der Waals surface area (Å²) in [5, 5.41) is 0. The van der Waals surface area contributed by atoms with E-state index in [1.54, 1.807) is 11.1 Å². The summed E-state index contributed by atoms with van der Waals surface area (Å²) in [6, 6.07) is 9.08. The predicted octanol–water partition coefficient (Wildman–Crippen LogP) is 7.42. The van der Waals surface area contributed by atoms with Gasteiger partial charge in [-0.1, -0.05) is 0 Å². The molecule has 3 heteroatoms. The molecule has 1 aromatic rings. The Labute approximate surface area is 185 Å². The van der Waals surface area contributed by atoms with Crippen LogP contribution in [0.2, 0.25) is 3.17 Å². The van der Waals surface area contributed by atoms with Crippen LogP contribution in [0.25, 0.3) is 6.08 Å². The van der Waals surface area contributed by atoms with E-state index in [9.17, 15) is 0 Å². The molecular formula is C22H28Br2Hf. The Morgan fingerprint density at radius 3 is 2.44 bits per heavy atom. The average Bonchev–Trinajstić information content (AvgIpc) is 3.09. The molecule has 2 unspecified atom stereocenters. The molecule has 0 nitrogen and oxygen atoms in total. The first-order chi connectivity index (χ1) is 11.1. The van der Waals surface area contributed by atoms with Gasteiger partial charge in [0.2, 0.25) is 0 Å². The van der Waals surface area contributed by atoms with Crippen LogP contribution in [0.5, 0.6) is 0 Å². The number of hydrogen-bond donors (Lipinski definition) is 0. The second-order valence-corrected chi connectivity index (χ2v) is 15.4. The molecule has 0 bridgehead atoms. The van der Waals surface area contributed by atoms with Crippen molar-refractivity contribution in [2.45, 2.75) is 52.8 Å². The minimum absolute atomic E-state index is 0. The Hall–Kier alpha value is 0.270. The van der Waals surface area contributed by atoms with Gasteiger partial charge in [-0.15, -0.1) is 34.0 Å². The molecule has 0 saturated heterocycles. The number of fused-ring (bicyclic) bond motifs is 1. The molecule has 1 aromatic carbocycles. The van der Waals surface area contributed by atoms with Crippen molar-refractivity contribution >= 4 is 40.0 Å². The SMILES string of the molecule is Br.Br.CC(C)[C]1([Hf][C]2(C)C=Cc3ccccc32)C=CC2=C1CCCC2. The van der Waals surface area contributed by atoms with Gasteiger partial charge in [-0.2, -0.15) is 0 Å². The number of allylic oxidation sites excluding steroid dienone is 5. The predicted molar refractivity (Wildman–Crippen MR) is 116 cm³/mol. The van der Waals surface area contributed by atoms with Crippen molar-refractivity contribution in [2.75, 3.05) is 0 Å². The number of halogens is 2. The van der Waals surface area contributed by atoms with Gasteiger partial charge in [0.1, 0.15) is 0 Å². The third-order valence-electron chi connectivity index (χ3n) is 6.05. The fourth-order valence-electron chi connectivity index (χ4n) is 4.72. The first-order valence-electron chi connectivity index (χ1n) is 9.05. The van der Waals surface area contributed by atoms with Crippen LogP contribution in [-0.2, 0) is 26.1 Å². The molecule has 0 saturated carbocycles. The Kier molecular flexibility index (Phi) is 6.99. The van der Waals surface area contributed by atoms with Gasteiger partial charge in [0, 0.05) is 0 Å². The van der Waals surface area contributed by atoms with Crippen molar-refractivity contribution in [3.63, 3.8) is 0 Å². The molecule has 0 amide bonds. The second kappa shape index (κ2) is 8.10. The third kappa shape index (κ3) is 3.55. The normalized spacial score (nSPS) is 29.1. The zero-order valence-corrected chi connectivity index (χ0v) is 22.4. The second-order valence-electron chi connectivity index (χ2n) is 7.82. The zero-order valence-electron chi connectivity index (χ0n) is 15.3. The van der Waals surface area contributed by atoms with Crippen molar-refractivity contribution in [3.8, 4) is 0 Å². The summed E-state index contributed by atoms with van der Waals surface area (Å²) in [5.74, 6) is 0.741. The molecule has 3 aliphatic carbocycles. The van der Waals surface area contributed by atoms with Crippen LogP contribution in [-0.4, -0.2) is 0 Å². The molecule has 0 aliphatic heterocycles. The summed E-state index contributed by atoms with van der Waals surface area (Å²) in [7, 11) is 0. The molecule has 0 fully saturated rings. The van der Waals surface area contributed by atoms with Crippen molar-refractivity contribution in [1.29, 1.82) is 0 Å². The minimum atomic E-state index is -1.03. The Bertz CT molecular complexity index is 731. The molecular weight excluding hydrogens is 603 g/mol. The topological polar surface area (TPSA) is 0 Å². The Balaban J connectivity index is 0.00000113. The fourth-order valence-corrected chi connectivity index (χ4v) is 12.9. The van der Waals surface area contributed by atoms with Crippen molar-refractivity contribution in [1.82, 2.24) is 0 Å². The maximum absolute atomic E-state index is 2.65. The van der Waals surface area contributed by atoms with E-state index in [-0.39, 0.29) is 34.0 Å². The van der Waals surface area contributed by atoms with Gasteiger partial charge in [-0.05, 0) is 0 Å². The number of benzene rings is 1. The number of hydrogen-bond acceptors (Lipinski definition) is 0. The van der Waals surface area contributed by atoms with E-state index < -0.39 is 22.9 Å². The summed E-state index contributed by atoms with van der Waals surface area (Å²) in [5.41, 5.74) is 6.61. The van der Waals surface area contributed by atoms with E-state index in [0.717, 1.165) is 5.92 Å². The summed E-state index contributed by atoms with van der Waals surface area (Å²) < 4.78 is 0.803. The number of rotatable bonds is 3. The van der Waals surface area contributed by atoms with Crippen molar-refractivity contribution in [2.24, 2.45) is 5.92 Å². The van der Waals surface area contributed by atoms with Crippen molar-refractivity contribution in [3.05, 3.63) is 64.8 Å². The van der Waals surface area contributed by atoms with Crippen molar-refractivity contribution < 1.29 is 22.9 Å². The van der Waals surface area contributed by atoms with Crippen LogP contribution < -0.4 is 0 Å². The molecule has 0 spiro atoms. The van der Waals surface area contributed by atoms with E-state index in [4.69, 9.17) is 0 Å². The fraction of sp³-hybridized carbons (Fsp3) is 0.455. The summed E-state index contributed by atoms with van der Waals surface area (Å²) in [6.45, 7) is 7.46. The molecule has 2 atom stereocenters. The third-order valence-corrected chi connectivity index (χ3v) is 14.7. The van der Waals surface area contributed by atoms with E-state index in [2.05, 4.69) is 69.3 Å². The summed E-state index contributed by atoms with van der Waals surface area (Å²) in [4.78, 5) is 0. The maximum atomic E-state index is 2.65. The van der Waals surface area contributed by atoms with Crippen LogP contribution in [0, 0.1) is 5.92 Å². The molecule has 0 aromatic heterocycles. The Morgan fingerprint density at radius 2 is 1.68 bits per heavy atom. The van der Waals surface area contributed by atoms with E-state index in [1.165, 1.54) is 31.2 Å². The van der Waals surface area contributed by atoms with Gasteiger partial charge in [0.15, 0.2) is 0 Å². The standard InChI is InChI=1S/C12H17.C10H9.2BrH.Hf/c1-9(2)11-8-7-10-5-3-4-6-12(10)11;1-8-6-7-9-4-2-3-5-10(8)9;;;/h7-9H,3-6H2,1-2H3;2-7H,1H3;2*1H;. The van der Waals surface area contributed by atoms with Gasteiger partial charge in [-0.25, -0.2) is 0 Å². The van der Waals surface area contributed by atoms with E-state index >= 15 is 0 Å². The van der Waals surface area contributed by atoms with Crippen LogP contribution in [0.1, 0.15) is 57.6 Å². The molecule has 3 aliphatic rings. The molecule has 134 valence electrons. The van der Waals surface area contributed by atoms with Gasteiger partial charge < -0.3 is 0 Å². The van der Waals surface area contributed by atoms with E-state index in [1.807, 2.05) is 5.57 Å². The van der Waals surface area contributed by atoms with Crippen LogP contribution >= 0.6 is 34.0 Å². The zero-order chi connectivity index (χ0) is 16.1. The summed E-state index contributed by atoms with van der Waals surface area (Å²) in [6.07, 6.45) is 15.6. The Morgan fingerprint density at radius 1 is 0.960 bits per heavy atom. The average molecular weight is 631 g/mol. The van der Waals surface area contributed by atoms with E-state index in [0.29, 0.717) is 6.34 Å². The molecule has 0 radical (unpaired) electrons. The van der Waals surface area contributed by atoms with Crippen LogP contribution in [0.15, 0.2) is 53.6 Å². The van der Waals surface area contributed by atoms with Crippen LogP contribution in [0.4, 0.5) is 0 Å².